The van der Waals surface area contributed by atoms with Crippen molar-refractivity contribution in [1.82, 2.24) is 4.90 Å². The molecule has 1 rings (SSSR count). The van der Waals surface area contributed by atoms with E-state index in [4.69, 9.17) is 17.0 Å². The fraction of sp³-hybridized carbons (Fsp3) is 0.364. The van der Waals surface area contributed by atoms with Crippen molar-refractivity contribution in [2.45, 2.75) is 6.10 Å². The summed E-state index contributed by atoms with van der Waals surface area (Å²) < 4.78 is 5.03. The second-order valence-corrected chi connectivity index (χ2v) is 3.83. The van der Waals surface area contributed by atoms with Crippen molar-refractivity contribution in [3.8, 4) is 5.75 Å². The topological polar surface area (TPSA) is 32.7 Å². The maximum Gasteiger partial charge on any atom is 0.129 e. The van der Waals surface area contributed by atoms with Crippen LogP contribution in [0.25, 0.3) is 0 Å². The monoisotopic (exact) mass is 225 g/mol. The number of ether oxygens (including phenoxy) is 1. The van der Waals surface area contributed by atoms with Crippen LogP contribution in [0.1, 0.15) is 11.7 Å². The van der Waals surface area contributed by atoms with Gasteiger partial charge in [-0.3, -0.25) is 0 Å². The summed E-state index contributed by atoms with van der Waals surface area (Å²) in [6.45, 7) is 0. The molecular formula is C11H15NO2S. The van der Waals surface area contributed by atoms with Crippen molar-refractivity contribution in [2.75, 3.05) is 21.2 Å². The standard InChI is InChI=1S/C11H15NO2S/c1-12(2)11(15)10(13)8-4-6-9(14-3)7-5-8/h4-7,10,13H,1-3H3. The molecule has 1 aromatic carbocycles. The predicted molar refractivity (Wildman–Crippen MR) is 64.2 cm³/mol. The molecule has 0 aliphatic carbocycles. The molecule has 0 aliphatic heterocycles. The molecule has 0 saturated heterocycles. The summed E-state index contributed by atoms with van der Waals surface area (Å²) in [5.41, 5.74) is 0.773. The van der Waals surface area contributed by atoms with Gasteiger partial charge in [0.15, 0.2) is 0 Å². The van der Waals surface area contributed by atoms with Crippen LogP contribution in [-0.2, 0) is 0 Å². The summed E-state index contributed by atoms with van der Waals surface area (Å²) in [5, 5.41) is 9.90. The summed E-state index contributed by atoms with van der Waals surface area (Å²) >= 11 is 5.09. The van der Waals surface area contributed by atoms with E-state index in [2.05, 4.69) is 0 Å². The van der Waals surface area contributed by atoms with Gasteiger partial charge in [0.2, 0.25) is 0 Å². The maximum absolute atomic E-state index is 9.90. The fourth-order valence-electron chi connectivity index (χ4n) is 1.17. The third-order valence-electron chi connectivity index (χ3n) is 2.11. The molecule has 0 fully saturated rings. The highest BCUT2D eigenvalue weighted by molar-refractivity contribution is 7.80. The Morgan fingerprint density at radius 3 is 2.27 bits per heavy atom. The van der Waals surface area contributed by atoms with Gasteiger partial charge in [-0.2, -0.15) is 0 Å². The molecule has 0 heterocycles. The molecule has 0 amide bonds. The molecular weight excluding hydrogens is 210 g/mol. The van der Waals surface area contributed by atoms with Crippen molar-refractivity contribution in [2.24, 2.45) is 0 Å². The molecule has 1 aromatic rings. The highest BCUT2D eigenvalue weighted by Gasteiger charge is 2.14. The van der Waals surface area contributed by atoms with E-state index in [1.165, 1.54) is 0 Å². The summed E-state index contributed by atoms with van der Waals surface area (Å²) in [7, 11) is 5.24. The number of rotatable bonds is 3. The third kappa shape index (κ3) is 2.91. The van der Waals surface area contributed by atoms with E-state index in [0.29, 0.717) is 4.99 Å². The van der Waals surface area contributed by atoms with Crippen LogP contribution < -0.4 is 4.74 Å². The zero-order chi connectivity index (χ0) is 11.4. The lowest BCUT2D eigenvalue weighted by Gasteiger charge is -2.19. The van der Waals surface area contributed by atoms with Crippen molar-refractivity contribution in [3.05, 3.63) is 29.8 Å². The number of methoxy groups -OCH3 is 1. The van der Waals surface area contributed by atoms with E-state index in [-0.39, 0.29) is 0 Å². The van der Waals surface area contributed by atoms with Gasteiger partial charge in [0.05, 0.1) is 7.11 Å². The van der Waals surface area contributed by atoms with Gasteiger partial charge in [-0.05, 0) is 17.7 Å². The molecule has 0 spiro atoms. The predicted octanol–water partition coefficient (Wildman–Crippen LogP) is 1.62. The second-order valence-electron chi connectivity index (χ2n) is 3.41. The molecule has 82 valence electrons. The van der Waals surface area contributed by atoms with Crippen LogP contribution in [0.4, 0.5) is 0 Å². The molecule has 1 atom stereocenters. The van der Waals surface area contributed by atoms with E-state index in [1.807, 2.05) is 14.1 Å². The van der Waals surface area contributed by atoms with Gasteiger partial charge in [-0.25, -0.2) is 0 Å². The quantitative estimate of drug-likeness (QED) is 0.792. The van der Waals surface area contributed by atoms with Crippen LogP contribution in [0, 0.1) is 0 Å². The van der Waals surface area contributed by atoms with Crippen molar-refractivity contribution in [1.29, 1.82) is 0 Å². The van der Waals surface area contributed by atoms with Gasteiger partial charge in [-0.15, -0.1) is 0 Å². The smallest absolute Gasteiger partial charge is 0.129 e. The first-order valence-corrected chi connectivity index (χ1v) is 5.00. The Morgan fingerprint density at radius 1 is 1.33 bits per heavy atom. The van der Waals surface area contributed by atoms with E-state index < -0.39 is 6.10 Å². The van der Waals surface area contributed by atoms with Gasteiger partial charge >= 0.3 is 0 Å². The Morgan fingerprint density at radius 2 is 1.87 bits per heavy atom. The number of thiocarbonyl (C=S) groups is 1. The van der Waals surface area contributed by atoms with Gasteiger partial charge in [0.25, 0.3) is 0 Å². The number of likely N-dealkylation sites (N-methyl/N-ethyl adjacent to an activating group) is 1. The Kier molecular flexibility index (Phi) is 4.05. The van der Waals surface area contributed by atoms with Gasteiger partial charge in [0.1, 0.15) is 16.8 Å². The normalized spacial score (nSPS) is 12.0. The minimum absolute atomic E-state index is 0.500. The van der Waals surface area contributed by atoms with Gasteiger partial charge in [0, 0.05) is 14.1 Å². The maximum atomic E-state index is 9.90. The molecule has 1 unspecified atom stereocenters. The third-order valence-corrected chi connectivity index (χ3v) is 2.69. The zero-order valence-corrected chi connectivity index (χ0v) is 9.91. The van der Waals surface area contributed by atoms with E-state index in [9.17, 15) is 5.11 Å². The van der Waals surface area contributed by atoms with Gasteiger partial charge in [-0.1, -0.05) is 24.4 Å². The van der Waals surface area contributed by atoms with Crippen LogP contribution in [-0.4, -0.2) is 36.2 Å². The Labute approximate surface area is 95.3 Å². The first-order valence-electron chi connectivity index (χ1n) is 4.59. The Balaban J connectivity index is 2.82. The number of hydrogen-bond acceptors (Lipinski definition) is 3. The molecule has 3 nitrogen and oxygen atoms in total. The van der Waals surface area contributed by atoms with Crippen molar-refractivity contribution < 1.29 is 9.84 Å². The van der Waals surface area contributed by atoms with Crippen LogP contribution in [0.3, 0.4) is 0 Å². The fourth-order valence-corrected chi connectivity index (χ4v) is 1.31. The number of aliphatic hydroxyl groups is 1. The SMILES string of the molecule is COc1ccc(C(O)C(=S)N(C)C)cc1. The summed E-state index contributed by atoms with van der Waals surface area (Å²) in [6.07, 6.45) is -0.735. The first kappa shape index (κ1) is 11.9. The summed E-state index contributed by atoms with van der Waals surface area (Å²) in [6, 6.07) is 7.21. The molecule has 4 heteroatoms. The lowest BCUT2D eigenvalue weighted by Crippen LogP contribution is -2.26. The molecule has 0 aromatic heterocycles. The minimum atomic E-state index is -0.735. The number of aliphatic hydroxyl groups excluding tert-OH is 1. The zero-order valence-electron chi connectivity index (χ0n) is 9.10. The summed E-state index contributed by atoms with van der Waals surface area (Å²) in [4.78, 5) is 2.23. The second kappa shape index (κ2) is 5.09. The lowest BCUT2D eigenvalue weighted by atomic mass is 10.1. The van der Waals surface area contributed by atoms with Crippen LogP contribution >= 0.6 is 12.2 Å². The lowest BCUT2D eigenvalue weighted by molar-refractivity contribution is 0.236. The highest BCUT2D eigenvalue weighted by atomic mass is 32.1. The molecule has 0 saturated carbocycles. The molecule has 0 aliphatic rings. The average molecular weight is 225 g/mol. The molecule has 0 radical (unpaired) electrons. The highest BCUT2D eigenvalue weighted by Crippen LogP contribution is 2.19. The van der Waals surface area contributed by atoms with Crippen LogP contribution in [0.2, 0.25) is 0 Å². The minimum Gasteiger partial charge on any atom is -0.497 e. The van der Waals surface area contributed by atoms with Crippen molar-refractivity contribution >= 4 is 17.2 Å². The largest absolute Gasteiger partial charge is 0.497 e. The average Bonchev–Trinajstić information content (AvgIpc) is 2.27. The first-order chi connectivity index (χ1) is 7.06. The van der Waals surface area contributed by atoms with Crippen molar-refractivity contribution in [3.63, 3.8) is 0 Å². The molecule has 15 heavy (non-hydrogen) atoms. The van der Waals surface area contributed by atoms with E-state index in [1.54, 1.807) is 36.3 Å². The van der Waals surface area contributed by atoms with Crippen LogP contribution in [0.5, 0.6) is 5.75 Å². The Bertz CT molecular complexity index is 335. The number of nitrogens with zero attached hydrogens (tertiary/aromatic N) is 1. The van der Waals surface area contributed by atoms with E-state index >= 15 is 0 Å². The Hall–Kier alpha value is -1.13. The van der Waals surface area contributed by atoms with Crippen LogP contribution in [0.15, 0.2) is 24.3 Å². The van der Waals surface area contributed by atoms with E-state index in [0.717, 1.165) is 11.3 Å². The van der Waals surface area contributed by atoms with Gasteiger partial charge < -0.3 is 14.7 Å². The number of benzene rings is 1. The molecule has 1 N–H and O–H groups in total. The summed E-state index contributed by atoms with van der Waals surface area (Å²) in [5.74, 6) is 0.765. The number of hydrogen-bond donors (Lipinski definition) is 1. The molecule has 0 bridgehead atoms.